The Kier molecular flexibility index (Phi) is 4.94. The maximum atomic E-state index is 6.07. The van der Waals surface area contributed by atoms with Gasteiger partial charge < -0.3 is 19.9 Å². The van der Waals surface area contributed by atoms with Crippen molar-refractivity contribution in [1.82, 2.24) is 0 Å². The summed E-state index contributed by atoms with van der Waals surface area (Å²) in [5, 5.41) is 0.566. The number of nitrogens with two attached hydrogens (primary N) is 1. The Morgan fingerprint density at radius 2 is 1.52 bits per heavy atom. The average molecular weight is 308 g/mol. The van der Waals surface area contributed by atoms with E-state index in [1.807, 2.05) is 24.3 Å². The Morgan fingerprint density at radius 1 is 0.905 bits per heavy atom. The van der Waals surface area contributed by atoms with Gasteiger partial charge in [-0.25, -0.2) is 0 Å². The number of hydrogen-bond donors (Lipinski definition) is 1. The monoisotopic (exact) mass is 307 g/mol. The zero-order chi connectivity index (χ0) is 15.4. The maximum absolute atomic E-state index is 6.07. The third kappa shape index (κ3) is 3.06. The van der Waals surface area contributed by atoms with Gasteiger partial charge in [-0.15, -0.1) is 0 Å². The Labute approximate surface area is 129 Å². The Hall–Kier alpha value is -1.91. The molecule has 5 heteroatoms. The van der Waals surface area contributed by atoms with Crippen molar-refractivity contribution in [3.63, 3.8) is 0 Å². The van der Waals surface area contributed by atoms with Gasteiger partial charge in [-0.1, -0.05) is 17.7 Å². The fourth-order valence-corrected chi connectivity index (χ4v) is 2.38. The summed E-state index contributed by atoms with van der Waals surface area (Å²) in [5.74, 6) is 1.92. The lowest BCUT2D eigenvalue weighted by Crippen LogP contribution is -2.01. The lowest BCUT2D eigenvalue weighted by atomic mass is 9.98. The molecule has 0 bridgehead atoms. The van der Waals surface area contributed by atoms with Gasteiger partial charge in [-0.05, 0) is 41.0 Å². The van der Waals surface area contributed by atoms with Crippen LogP contribution in [0.25, 0.3) is 11.1 Å². The van der Waals surface area contributed by atoms with E-state index in [1.165, 1.54) is 0 Å². The SMILES string of the molecule is COc1cc(-c2cc(OC)c(OC)cc2CN)ccc1Cl. The second kappa shape index (κ2) is 6.70. The van der Waals surface area contributed by atoms with Gasteiger partial charge in [-0.2, -0.15) is 0 Å². The summed E-state index contributed by atoms with van der Waals surface area (Å²) in [6.45, 7) is 0.390. The molecule has 0 aliphatic heterocycles. The van der Waals surface area contributed by atoms with E-state index in [0.29, 0.717) is 28.8 Å². The fraction of sp³-hybridized carbons (Fsp3) is 0.250. The van der Waals surface area contributed by atoms with Gasteiger partial charge in [0.15, 0.2) is 11.5 Å². The van der Waals surface area contributed by atoms with E-state index in [2.05, 4.69) is 0 Å². The number of rotatable bonds is 5. The van der Waals surface area contributed by atoms with Gasteiger partial charge in [0.1, 0.15) is 5.75 Å². The smallest absolute Gasteiger partial charge is 0.161 e. The highest BCUT2D eigenvalue weighted by molar-refractivity contribution is 6.32. The number of benzene rings is 2. The molecule has 0 fully saturated rings. The molecule has 112 valence electrons. The quantitative estimate of drug-likeness (QED) is 0.918. The zero-order valence-electron chi connectivity index (χ0n) is 12.3. The molecule has 0 spiro atoms. The first-order valence-corrected chi connectivity index (χ1v) is 6.81. The van der Waals surface area contributed by atoms with Crippen LogP contribution in [0, 0.1) is 0 Å². The van der Waals surface area contributed by atoms with E-state index in [1.54, 1.807) is 27.4 Å². The third-order valence-electron chi connectivity index (χ3n) is 3.29. The zero-order valence-corrected chi connectivity index (χ0v) is 13.0. The minimum atomic E-state index is 0.390. The van der Waals surface area contributed by atoms with Crippen LogP contribution in [0.1, 0.15) is 5.56 Å². The van der Waals surface area contributed by atoms with Crippen LogP contribution in [0.15, 0.2) is 30.3 Å². The van der Waals surface area contributed by atoms with Crippen LogP contribution in [-0.4, -0.2) is 21.3 Å². The molecule has 0 aromatic heterocycles. The molecule has 0 saturated heterocycles. The summed E-state index contributed by atoms with van der Waals surface area (Å²) in [5.41, 5.74) is 8.72. The van der Waals surface area contributed by atoms with Crippen molar-refractivity contribution in [2.45, 2.75) is 6.54 Å². The van der Waals surface area contributed by atoms with Crippen molar-refractivity contribution in [3.05, 3.63) is 40.9 Å². The third-order valence-corrected chi connectivity index (χ3v) is 3.60. The number of hydrogen-bond acceptors (Lipinski definition) is 4. The lowest BCUT2D eigenvalue weighted by Gasteiger charge is -2.15. The van der Waals surface area contributed by atoms with Crippen molar-refractivity contribution in [2.24, 2.45) is 5.73 Å². The minimum Gasteiger partial charge on any atom is -0.495 e. The van der Waals surface area contributed by atoms with E-state index in [9.17, 15) is 0 Å². The summed E-state index contributed by atoms with van der Waals surface area (Å²) in [6, 6.07) is 9.39. The van der Waals surface area contributed by atoms with Gasteiger partial charge in [0.2, 0.25) is 0 Å². The Bertz CT molecular complexity index is 644. The van der Waals surface area contributed by atoms with Crippen LogP contribution in [0.5, 0.6) is 17.2 Å². The summed E-state index contributed by atoms with van der Waals surface area (Å²) < 4.78 is 15.9. The van der Waals surface area contributed by atoms with Crippen LogP contribution < -0.4 is 19.9 Å². The first-order chi connectivity index (χ1) is 10.1. The topological polar surface area (TPSA) is 53.7 Å². The number of methoxy groups -OCH3 is 3. The van der Waals surface area contributed by atoms with Gasteiger partial charge in [-0.3, -0.25) is 0 Å². The van der Waals surface area contributed by atoms with E-state index in [4.69, 9.17) is 31.5 Å². The van der Waals surface area contributed by atoms with Crippen LogP contribution in [0.2, 0.25) is 5.02 Å². The first-order valence-electron chi connectivity index (χ1n) is 6.43. The van der Waals surface area contributed by atoms with Crippen molar-refractivity contribution < 1.29 is 14.2 Å². The molecule has 0 atom stereocenters. The molecule has 2 aromatic carbocycles. The Morgan fingerprint density at radius 3 is 2.10 bits per heavy atom. The molecule has 2 N–H and O–H groups in total. The molecule has 0 aliphatic rings. The van der Waals surface area contributed by atoms with Crippen molar-refractivity contribution in [2.75, 3.05) is 21.3 Å². The highest BCUT2D eigenvalue weighted by atomic mass is 35.5. The van der Waals surface area contributed by atoms with Gasteiger partial charge in [0.25, 0.3) is 0 Å². The maximum Gasteiger partial charge on any atom is 0.161 e. The molecule has 0 radical (unpaired) electrons. The molecule has 0 aliphatic carbocycles. The predicted molar refractivity (Wildman–Crippen MR) is 84.4 cm³/mol. The van der Waals surface area contributed by atoms with E-state index in [-0.39, 0.29) is 0 Å². The second-order valence-corrected chi connectivity index (χ2v) is 4.82. The first kappa shape index (κ1) is 15.5. The van der Waals surface area contributed by atoms with E-state index in [0.717, 1.165) is 16.7 Å². The average Bonchev–Trinajstić information content (AvgIpc) is 2.54. The highest BCUT2D eigenvalue weighted by Crippen LogP contribution is 2.38. The van der Waals surface area contributed by atoms with Crippen LogP contribution in [0.3, 0.4) is 0 Å². The van der Waals surface area contributed by atoms with Gasteiger partial charge in [0, 0.05) is 6.54 Å². The van der Waals surface area contributed by atoms with Crippen LogP contribution >= 0.6 is 11.6 Å². The molecule has 4 nitrogen and oxygen atoms in total. The molecular weight excluding hydrogens is 290 g/mol. The standard InChI is InChI=1S/C16H18ClNO3/c1-19-14-6-10(4-5-13(14)17)12-8-16(21-3)15(20-2)7-11(12)9-18/h4-8H,9,18H2,1-3H3. The number of ether oxygens (including phenoxy) is 3. The minimum absolute atomic E-state index is 0.390. The Balaban J connectivity index is 2.61. The summed E-state index contributed by atoms with van der Waals surface area (Å²) in [6.07, 6.45) is 0. The van der Waals surface area contributed by atoms with Crippen LogP contribution in [-0.2, 0) is 6.54 Å². The number of halogens is 1. The summed E-state index contributed by atoms with van der Waals surface area (Å²) >= 11 is 6.07. The molecule has 0 heterocycles. The molecule has 0 amide bonds. The van der Waals surface area contributed by atoms with Gasteiger partial charge >= 0.3 is 0 Å². The molecule has 0 saturated carbocycles. The molecular formula is C16H18ClNO3. The molecule has 0 unspecified atom stereocenters. The molecule has 2 aromatic rings. The van der Waals surface area contributed by atoms with E-state index >= 15 is 0 Å². The predicted octanol–water partition coefficient (Wildman–Crippen LogP) is 3.49. The second-order valence-electron chi connectivity index (χ2n) is 4.42. The van der Waals surface area contributed by atoms with Crippen molar-refractivity contribution in [1.29, 1.82) is 0 Å². The highest BCUT2D eigenvalue weighted by Gasteiger charge is 2.13. The summed E-state index contributed by atoms with van der Waals surface area (Å²) in [4.78, 5) is 0. The van der Waals surface area contributed by atoms with E-state index < -0.39 is 0 Å². The summed E-state index contributed by atoms with van der Waals surface area (Å²) in [7, 11) is 4.79. The largest absolute Gasteiger partial charge is 0.495 e. The fourth-order valence-electron chi connectivity index (χ4n) is 2.19. The molecule has 2 rings (SSSR count). The van der Waals surface area contributed by atoms with Crippen molar-refractivity contribution in [3.8, 4) is 28.4 Å². The molecule has 21 heavy (non-hydrogen) atoms. The normalized spacial score (nSPS) is 10.3. The van der Waals surface area contributed by atoms with Crippen LogP contribution in [0.4, 0.5) is 0 Å². The van der Waals surface area contributed by atoms with Crippen molar-refractivity contribution >= 4 is 11.6 Å². The lowest BCUT2D eigenvalue weighted by molar-refractivity contribution is 0.354. The van der Waals surface area contributed by atoms with Gasteiger partial charge in [0.05, 0.1) is 26.4 Å².